The molecule has 2 rings (SSSR count). The van der Waals surface area contributed by atoms with Crippen LogP contribution in [0.1, 0.15) is 13.8 Å². The summed E-state index contributed by atoms with van der Waals surface area (Å²) in [6, 6.07) is 5.26. The highest BCUT2D eigenvalue weighted by molar-refractivity contribution is 7.89. The first-order valence-electron chi connectivity index (χ1n) is 6.61. The molecular weight excluding hydrogens is 292 g/mol. The Hall–Kier alpha value is -2.02. The van der Waals surface area contributed by atoms with Crippen molar-refractivity contribution in [2.24, 2.45) is 0 Å². The Morgan fingerprint density at radius 2 is 1.90 bits per heavy atom. The Bertz CT molecular complexity index is 722. The molecule has 21 heavy (non-hydrogen) atoms. The molecule has 0 bridgehead atoms. The highest BCUT2D eigenvalue weighted by atomic mass is 32.2. The van der Waals surface area contributed by atoms with Gasteiger partial charge in [0.25, 0.3) is 0 Å². The van der Waals surface area contributed by atoms with Gasteiger partial charge in [-0.25, -0.2) is 17.4 Å². The van der Waals surface area contributed by atoms with Gasteiger partial charge in [-0.05, 0) is 26.0 Å². The summed E-state index contributed by atoms with van der Waals surface area (Å²) in [5.41, 5.74) is 0.607. The molecule has 0 spiro atoms. The van der Waals surface area contributed by atoms with E-state index in [9.17, 15) is 8.42 Å². The van der Waals surface area contributed by atoms with E-state index in [4.69, 9.17) is 9.47 Å². The molecule has 0 fully saturated rings. The molecule has 2 aromatic rings. The average Bonchev–Trinajstić information content (AvgIpc) is 2.89. The normalized spacial score (nSPS) is 11.4. The van der Waals surface area contributed by atoms with E-state index in [0.29, 0.717) is 36.1 Å². The lowest BCUT2D eigenvalue weighted by Crippen LogP contribution is -2.11. The van der Waals surface area contributed by atoms with Crippen molar-refractivity contribution in [3.05, 3.63) is 30.6 Å². The zero-order chi connectivity index (χ0) is 15.5. The van der Waals surface area contributed by atoms with Crippen molar-refractivity contribution in [3.8, 4) is 22.9 Å². The number of nitrogens with zero attached hydrogens (tertiary/aromatic N) is 2. The van der Waals surface area contributed by atoms with Crippen LogP contribution in [0.25, 0.3) is 11.4 Å². The predicted octanol–water partition coefficient (Wildman–Crippen LogP) is 2.16. The fourth-order valence-electron chi connectivity index (χ4n) is 1.97. The van der Waals surface area contributed by atoms with Crippen LogP contribution in [0.3, 0.4) is 0 Å². The van der Waals surface area contributed by atoms with Gasteiger partial charge in [0.05, 0.1) is 25.0 Å². The van der Waals surface area contributed by atoms with Crippen LogP contribution in [-0.2, 0) is 10.0 Å². The second kappa shape index (κ2) is 6.17. The van der Waals surface area contributed by atoms with E-state index in [1.54, 1.807) is 18.2 Å². The third-order valence-corrected chi connectivity index (χ3v) is 3.78. The van der Waals surface area contributed by atoms with Gasteiger partial charge in [-0.15, -0.1) is 0 Å². The van der Waals surface area contributed by atoms with Crippen LogP contribution in [0.15, 0.2) is 30.6 Å². The Labute approximate surface area is 124 Å². The van der Waals surface area contributed by atoms with Gasteiger partial charge in [-0.1, -0.05) is 0 Å². The maximum atomic E-state index is 11.8. The van der Waals surface area contributed by atoms with E-state index in [-0.39, 0.29) is 0 Å². The number of rotatable bonds is 6. The molecule has 0 saturated carbocycles. The third-order valence-electron chi connectivity index (χ3n) is 2.77. The Kier molecular flexibility index (Phi) is 4.52. The van der Waals surface area contributed by atoms with Crippen LogP contribution < -0.4 is 9.47 Å². The standard InChI is InChI=1S/C14H18N2O4S/c1-4-19-11-6-7-12(13(10-11)20-5-2)14-15-8-9-16(14)21(3,17)18/h6-10H,4-5H2,1-3H3. The monoisotopic (exact) mass is 310 g/mol. The van der Waals surface area contributed by atoms with E-state index in [1.807, 2.05) is 13.8 Å². The quantitative estimate of drug-likeness (QED) is 0.817. The number of ether oxygens (including phenoxy) is 2. The van der Waals surface area contributed by atoms with Gasteiger partial charge in [0.1, 0.15) is 11.5 Å². The van der Waals surface area contributed by atoms with Gasteiger partial charge < -0.3 is 9.47 Å². The van der Waals surface area contributed by atoms with Crippen LogP contribution in [0.5, 0.6) is 11.5 Å². The molecule has 0 aliphatic carbocycles. The van der Waals surface area contributed by atoms with E-state index in [1.165, 1.54) is 12.4 Å². The Morgan fingerprint density at radius 3 is 2.52 bits per heavy atom. The summed E-state index contributed by atoms with van der Waals surface area (Å²) in [7, 11) is -3.42. The predicted molar refractivity (Wildman–Crippen MR) is 80.2 cm³/mol. The second-order valence-corrected chi connectivity index (χ2v) is 6.19. The molecule has 1 aromatic heterocycles. The van der Waals surface area contributed by atoms with E-state index < -0.39 is 10.0 Å². The SMILES string of the molecule is CCOc1ccc(-c2nccn2S(C)(=O)=O)c(OCC)c1. The number of aromatic nitrogens is 2. The van der Waals surface area contributed by atoms with Crippen molar-refractivity contribution in [2.75, 3.05) is 19.5 Å². The van der Waals surface area contributed by atoms with Crippen molar-refractivity contribution in [3.63, 3.8) is 0 Å². The van der Waals surface area contributed by atoms with Crippen LogP contribution in [0, 0.1) is 0 Å². The van der Waals surface area contributed by atoms with Crippen molar-refractivity contribution in [2.45, 2.75) is 13.8 Å². The van der Waals surface area contributed by atoms with E-state index >= 15 is 0 Å². The molecule has 1 heterocycles. The lowest BCUT2D eigenvalue weighted by molar-refractivity contribution is 0.324. The molecule has 6 nitrogen and oxygen atoms in total. The average molecular weight is 310 g/mol. The lowest BCUT2D eigenvalue weighted by atomic mass is 10.2. The van der Waals surface area contributed by atoms with Gasteiger partial charge in [-0.2, -0.15) is 0 Å². The minimum atomic E-state index is -3.42. The van der Waals surface area contributed by atoms with Crippen LogP contribution >= 0.6 is 0 Å². The molecule has 0 amide bonds. The molecule has 0 aliphatic rings. The number of benzene rings is 1. The third kappa shape index (κ3) is 3.36. The molecule has 7 heteroatoms. The number of imidazole rings is 1. The van der Waals surface area contributed by atoms with E-state index in [2.05, 4.69) is 4.98 Å². The van der Waals surface area contributed by atoms with Crippen LogP contribution in [0.2, 0.25) is 0 Å². The fourth-order valence-corrected chi connectivity index (χ4v) is 2.70. The van der Waals surface area contributed by atoms with Crippen molar-refractivity contribution in [1.29, 1.82) is 0 Å². The second-order valence-electron chi connectivity index (χ2n) is 4.33. The number of hydrogen-bond acceptors (Lipinski definition) is 5. The summed E-state index contributed by atoms with van der Waals surface area (Å²) >= 11 is 0. The molecule has 0 unspecified atom stereocenters. The largest absolute Gasteiger partial charge is 0.494 e. The minimum absolute atomic E-state index is 0.323. The highest BCUT2D eigenvalue weighted by Gasteiger charge is 2.17. The van der Waals surface area contributed by atoms with Crippen molar-refractivity contribution in [1.82, 2.24) is 8.96 Å². The molecule has 114 valence electrons. The molecule has 0 aliphatic heterocycles. The zero-order valence-electron chi connectivity index (χ0n) is 12.2. The first-order chi connectivity index (χ1) is 9.97. The van der Waals surface area contributed by atoms with Gasteiger partial charge in [0.15, 0.2) is 5.82 Å². The summed E-state index contributed by atoms with van der Waals surface area (Å²) in [5, 5.41) is 0. The highest BCUT2D eigenvalue weighted by Crippen LogP contribution is 2.33. The Balaban J connectivity index is 2.56. The molecule has 1 aromatic carbocycles. The summed E-state index contributed by atoms with van der Waals surface area (Å²) in [6.07, 6.45) is 3.99. The first kappa shape index (κ1) is 15.4. The van der Waals surface area contributed by atoms with Crippen LogP contribution in [-0.4, -0.2) is 36.8 Å². The Morgan fingerprint density at radius 1 is 1.19 bits per heavy atom. The fraction of sp³-hybridized carbons (Fsp3) is 0.357. The van der Waals surface area contributed by atoms with Gasteiger partial charge in [0, 0.05) is 18.5 Å². The van der Waals surface area contributed by atoms with Crippen molar-refractivity contribution >= 4 is 10.0 Å². The zero-order valence-corrected chi connectivity index (χ0v) is 13.1. The summed E-state index contributed by atoms with van der Waals surface area (Å²) in [5.74, 6) is 1.53. The molecule has 0 saturated heterocycles. The van der Waals surface area contributed by atoms with Crippen molar-refractivity contribution < 1.29 is 17.9 Å². The van der Waals surface area contributed by atoms with E-state index in [0.717, 1.165) is 10.2 Å². The lowest BCUT2D eigenvalue weighted by Gasteiger charge is -2.13. The van der Waals surface area contributed by atoms with Gasteiger partial charge >= 0.3 is 0 Å². The first-order valence-corrected chi connectivity index (χ1v) is 8.46. The summed E-state index contributed by atoms with van der Waals surface area (Å²) in [4.78, 5) is 4.13. The molecular formula is C14H18N2O4S. The van der Waals surface area contributed by atoms with Crippen LogP contribution in [0.4, 0.5) is 0 Å². The molecule has 0 atom stereocenters. The minimum Gasteiger partial charge on any atom is -0.494 e. The maximum Gasteiger partial charge on any atom is 0.237 e. The smallest absolute Gasteiger partial charge is 0.237 e. The molecule has 0 radical (unpaired) electrons. The topological polar surface area (TPSA) is 70.4 Å². The maximum absolute atomic E-state index is 11.8. The van der Waals surface area contributed by atoms with Gasteiger partial charge in [-0.3, -0.25) is 0 Å². The summed E-state index contributed by atoms with van der Waals surface area (Å²) < 4.78 is 35.7. The number of hydrogen-bond donors (Lipinski definition) is 0. The molecule has 0 N–H and O–H groups in total. The van der Waals surface area contributed by atoms with Gasteiger partial charge in [0.2, 0.25) is 10.0 Å². The summed E-state index contributed by atoms with van der Waals surface area (Å²) in [6.45, 7) is 4.76.